The molecule has 0 bridgehead atoms. The Morgan fingerprint density at radius 1 is 1.07 bits per heavy atom. The van der Waals surface area contributed by atoms with Gasteiger partial charge in [0.05, 0.1) is 6.04 Å². The summed E-state index contributed by atoms with van der Waals surface area (Å²) in [7, 11) is 0. The van der Waals surface area contributed by atoms with E-state index in [1.807, 2.05) is 31.2 Å². The molecule has 1 aromatic heterocycles. The van der Waals surface area contributed by atoms with Crippen LogP contribution in [-0.2, 0) is 0 Å². The average Bonchev–Trinajstić information content (AvgIpc) is 2.75. The highest BCUT2D eigenvalue weighted by molar-refractivity contribution is 5.82. The number of anilines is 2. The van der Waals surface area contributed by atoms with E-state index in [1.165, 1.54) is 11.1 Å². The van der Waals surface area contributed by atoms with Crippen molar-refractivity contribution in [1.82, 2.24) is 4.98 Å². The van der Waals surface area contributed by atoms with Crippen molar-refractivity contribution in [1.29, 1.82) is 0 Å². The lowest BCUT2D eigenvalue weighted by molar-refractivity contribution is 0.770. The fraction of sp³-hybridized carbons (Fsp3) is 0.192. The zero-order valence-electron chi connectivity index (χ0n) is 17.5. The maximum absolute atomic E-state index is 6.59. The Morgan fingerprint density at radius 3 is 2.53 bits per heavy atom. The smallest absolute Gasteiger partial charge is 0.0573 e. The summed E-state index contributed by atoms with van der Waals surface area (Å²) in [6.45, 7) is 8.45. The maximum atomic E-state index is 6.59. The fourth-order valence-corrected chi connectivity index (χ4v) is 4.21. The molecule has 0 saturated heterocycles. The molecule has 0 aliphatic carbocycles. The van der Waals surface area contributed by atoms with Crippen LogP contribution in [-0.4, -0.2) is 4.98 Å². The second-order valence-electron chi connectivity index (χ2n) is 7.85. The predicted molar refractivity (Wildman–Crippen MR) is 126 cm³/mol. The number of aryl methyl sites for hydroxylation is 1. The molecule has 4 heteroatoms. The largest absolute Gasteiger partial charge is 0.398 e. The zero-order chi connectivity index (χ0) is 21.3. The predicted octanol–water partition coefficient (Wildman–Crippen LogP) is 5.54. The van der Waals surface area contributed by atoms with E-state index in [9.17, 15) is 0 Å². The van der Waals surface area contributed by atoms with Crippen LogP contribution in [0.2, 0.25) is 0 Å². The summed E-state index contributed by atoms with van der Waals surface area (Å²) in [6, 6.07) is 18.3. The van der Waals surface area contributed by atoms with Crippen LogP contribution < -0.4 is 16.8 Å². The average molecular weight is 397 g/mol. The second kappa shape index (κ2) is 8.17. The molecule has 2 unspecified atom stereocenters. The van der Waals surface area contributed by atoms with E-state index in [2.05, 4.69) is 60.2 Å². The Bertz CT molecular complexity index is 1120. The zero-order valence-corrected chi connectivity index (χ0v) is 17.5. The first-order valence-electron chi connectivity index (χ1n) is 10.3. The maximum Gasteiger partial charge on any atom is 0.0573 e. The summed E-state index contributed by atoms with van der Waals surface area (Å²) in [5, 5.41) is 3.46. The van der Waals surface area contributed by atoms with E-state index in [0.29, 0.717) is 5.69 Å². The Kier molecular flexibility index (Phi) is 5.42. The SMILES string of the molecule is C=C1Nc2cc(N)c(C(N)c3ccnc(C)c3)cc2C=C1C(CC)c1ccccc1. The third kappa shape index (κ3) is 3.74. The molecule has 0 spiro atoms. The summed E-state index contributed by atoms with van der Waals surface area (Å²) >= 11 is 0. The molecular weight excluding hydrogens is 368 g/mol. The van der Waals surface area contributed by atoms with Crippen LogP contribution in [0.25, 0.3) is 6.08 Å². The van der Waals surface area contributed by atoms with Crippen LogP contribution in [0.3, 0.4) is 0 Å². The van der Waals surface area contributed by atoms with Gasteiger partial charge in [-0.3, -0.25) is 4.98 Å². The molecule has 5 N–H and O–H groups in total. The van der Waals surface area contributed by atoms with Crippen molar-refractivity contribution in [3.8, 4) is 0 Å². The minimum absolute atomic E-state index is 0.275. The third-order valence-electron chi connectivity index (χ3n) is 5.80. The van der Waals surface area contributed by atoms with Crippen molar-refractivity contribution in [2.45, 2.75) is 32.2 Å². The van der Waals surface area contributed by atoms with Crippen LogP contribution in [0, 0.1) is 6.92 Å². The fourth-order valence-electron chi connectivity index (χ4n) is 4.21. The van der Waals surface area contributed by atoms with E-state index in [4.69, 9.17) is 11.5 Å². The van der Waals surface area contributed by atoms with Gasteiger partial charge in [-0.25, -0.2) is 0 Å². The highest BCUT2D eigenvalue weighted by atomic mass is 14.9. The Morgan fingerprint density at radius 2 is 1.83 bits per heavy atom. The van der Waals surface area contributed by atoms with Gasteiger partial charge in [0.25, 0.3) is 0 Å². The number of nitrogens with one attached hydrogen (secondary N) is 1. The van der Waals surface area contributed by atoms with E-state index in [0.717, 1.165) is 40.2 Å². The summed E-state index contributed by atoms with van der Waals surface area (Å²) in [4.78, 5) is 4.27. The van der Waals surface area contributed by atoms with Gasteiger partial charge in [-0.1, -0.05) is 43.8 Å². The first-order chi connectivity index (χ1) is 14.5. The molecule has 2 atom stereocenters. The molecule has 0 saturated carbocycles. The third-order valence-corrected chi connectivity index (χ3v) is 5.80. The Labute approximate surface area is 178 Å². The molecule has 1 aliphatic heterocycles. The highest BCUT2D eigenvalue weighted by Gasteiger charge is 2.23. The van der Waals surface area contributed by atoms with Crippen molar-refractivity contribution in [3.05, 3.63) is 107 Å². The molecule has 3 aromatic rings. The van der Waals surface area contributed by atoms with Crippen molar-refractivity contribution >= 4 is 17.5 Å². The number of aromatic nitrogens is 1. The van der Waals surface area contributed by atoms with E-state index in [1.54, 1.807) is 6.20 Å². The normalized spacial score (nSPS) is 15.0. The van der Waals surface area contributed by atoms with E-state index in [-0.39, 0.29) is 12.0 Å². The van der Waals surface area contributed by atoms with Crippen molar-refractivity contribution in [2.75, 3.05) is 11.1 Å². The van der Waals surface area contributed by atoms with Gasteiger partial charge in [-0.05, 0) is 71.5 Å². The van der Waals surface area contributed by atoms with Crippen molar-refractivity contribution in [3.63, 3.8) is 0 Å². The standard InChI is InChI=1S/C26H28N4/c1-4-21(18-8-6-5-7-9-18)22-13-20-14-23(24(27)15-25(20)30-17(22)3)26(28)19-10-11-29-16(2)12-19/h5-15,21,26,30H,3-4,27-28H2,1-2H3. The van der Waals surface area contributed by atoms with Crippen molar-refractivity contribution in [2.24, 2.45) is 5.73 Å². The van der Waals surface area contributed by atoms with E-state index < -0.39 is 0 Å². The number of hydrogen-bond donors (Lipinski definition) is 3. The lowest BCUT2D eigenvalue weighted by atomic mass is 9.84. The number of nitrogens with zero attached hydrogens (tertiary/aromatic N) is 1. The number of pyridine rings is 1. The van der Waals surface area contributed by atoms with Gasteiger partial charge in [0.1, 0.15) is 0 Å². The van der Waals surface area contributed by atoms with Crippen molar-refractivity contribution < 1.29 is 0 Å². The number of benzene rings is 2. The minimum atomic E-state index is -0.310. The quantitative estimate of drug-likeness (QED) is 0.495. The topological polar surface area (TPSA) is 77.0 Å². The minimum Gasteiger partial charge on any atom is -0.398 e. The van der Waals surface area contributed by atoms with Gasteiger partial charge in [-0.2, -0.15) is 0 Å². The number of nitrogens with two attached hydrogens (primary N) is 2. The molecule has 2 aromatic carbocycles. The molecular formula is C26H28N4. The molecule has 0 radical (unpaired) electrons. The first-order valence-corrected chi connectivity index (χ1v) is 10.3. The summed E-state index contributed by atoms with van der Waals surface area (Å²) in [5.74, 6) is 0.275. The molecule has 4 nitrogen and oxygen atoms in total. The number of rotatable bonds is 5. The van der Waals surface area contributed by atoms with E-state index >= 15 is 0 Å². The highest BCUT2D eigenvalue weighted by Crippen LogP contribution is 2.40. The number of allylic oxidation sites excluding steroid dienone is 1. The van der Waals surface area contributed by atoms with Gasteiger partial charge in [0.2, 0.25) is 0 Å². The van der Waals surface area contributed by atoms with Crippen LogP contribution in [0.5, 0.6) is 0 Å². The van der Waals surface area contributed by atoms with Gasteiger partial charge >= 0.3 is 0 Å². The first kappa shape index (κ1) is 19.9. The van der Waals surface area contributed by atoms with Gasteiger partial charge in [-0.15, -0.1) is 0 Å². The van der Waals surface area contributed by atoms with Crippen LogP contribution in [0.1, 0.15) is 53.3 Å². The summed E-state index contributed by atoms with van der Waals surface area (Å²) in [5.41, 5.74) is 22.0. The second-order valence-corrected chi connectivity index (χ2v) is 7.85. The summed E-state index contributed by atoms with van der Waals surface area (Å²) in [6.07, 6.45) is 5.00. The molecule has 0 fully saturated rings. The molecule has 0 amide bonds. The van der Waals surface area contributed by atoms with Crippen LogP contribution in [0.4, 0.5) is 11.4 Å². The van der Waals surface area contributed by atoms with Crippen LogP contribution in [0.15, 0.2) is 78.6 Å². The Hall–Kier alpha value is -3.37. The lowest BCUT2D eigenvalue weighted by Crippen LogP contribution is -2.17. The number of nitrogen functional groups attached to an aromatic ring is 1. The molecule has 30 heavy (non-hydrogen) atoms. The van der Waals surface area contributed by atoms with Gasteiger partial charge in [0.15, 0.2) is 0 Å². The molecule has 2 heterocycles. The molecule has 1 aliphatic rings. The van der Waals surface area contributed by atoms with Crippen LogP contribution >= 0.6 is 0 Å². The van der Waals surface area contributed by atoms with Gasteiger partial charge < -0.3 is 16.8 Å². The summed E-state index contributed by atoms with van der Waals surface area (Å²) < 4.78 is 0. The number of fused-ring (bicyclic) bond motifs is 1. The number of hydrogen-bond acceptors (Lipinski definition) is 4. The van der Waals surface area contributed by atoms with Gasteiger partial charge in [0, 0.05) is 34.9 Å². The monoisotopic (exact) mass is 396 g/mol. The molecule has 152 valence electrons. The molecule has 4 rings (SSSR count). The lowest BCUT2D eigenvalue weighted by Gasteiger charge is -2.28. The Balaban J connectivity index is 1.76.